The first-order valence-corrected chi connectivity index (χ1v) is 12.0. The number of hydrogen-bond donors (Lipinski definition) is 1. The molecule has 35 heavy (non-hydrogen) atoms. The van der Waals surface area contributed by atoms with Gasteiger partial charge in [-0.15, -0.1) is 0 Å². The molecular weight excluding hydrogens is 445 g/mol. The third kappa shape index (κ3) is 6.04. The summed E-state index contributed by atoms with van der Waals surface area (Å²) in [6, 6.07) is 17.2. The number of carbonyl (C=O) groups is 2. The molecule has 1 saturated carbocycles. The minimum Gasteiger partial charge on any atom is -0.497 e. The fourth-order valence-electron chi connectivity index (χ4n) is 4.52. The van der Waals surface area contributed by atoms with Gasteiger partial charge < -0.3 is 15.0 Å². The molecule has 1 heterocycles. The fourth-order valence-corrected chi connectivity index (χ4v) is 4.52. The number of rotatable bonds is 8. The molecule has 182 valence electrons. The van der Waals surface area contributed by atoms with Crippen molar-refractivity contribution in [2.75, 3.05) is 7.11 Å². The van der Waals surface area contributed by atoms with Gasteiger partial charge in [0.25, 0.3) is 5.91 Å². The van der Waals surface area contributed by atoms with Crippen LogP contribution in [-0.2, 0) is 11.3 Å². The summed E-state index contributed by atoms with van der Waals surface area (Å²) in [6.45, 7) is 0.0937. The first-order chi connectivity index (χ1) is 17.1. The minimum absolute atomic E-state index is 0.0123. The number of pyridine rings is 1. The highest BCUT2D eigenvalue weighted by molar-refractivity contribution is 5.96. The Bertz CT molecular complexity index is 1130. The van der Waals surface area contributed by atoms with E-state index in [0.717, 1.165) is 37.7 Å². The van der Waals surface area contributed by atoms with Crippen LogP contribution in [0.5, 0.6) is 5.75 Å². The Morgan fingerprint density at radius 1 is 1.03 bits per heavy atom. The number of benzene rings is 2. The molecule has 1 aromatic heterocycles. The third-order valence-corrected chi connectivity index (χ3v) is 6.37. The van der Waals surface area contributed by atoms with Crippen LogP contribution in [-0.4, -0.2) is 34.8 Å². The average molecular weight is 476 g/mol. The SMILES string of the molecule is COc1ccc(CN(C(=O)c2ccccn2)[C@H](C(=O)NC2CCCCC2)c2ccccc2F)cc1. The van der Waals surface area contributed by atoms with Gasteiger partial charge in [0.1, 0.15) is 23.3 Å². The lowest BCUT2D eigenvalue weighted by molar-refractivity contribution is -0.127. The number of halogens is 1. The summed E-state index contributed by atoms with van der Waals surface area (Å²) in [6.07, 6.45) is 6.50. The molecule has 0 unspecified atom stereocenters. The Morgan fingerprint density at radius 3 is 2.40 bits per heavy atom. The van der Waals surface area contributed by atoms with E-state index in [1.807, 2.05) is 12.1 Å². The molecule has 1 aliphatic carbocycles. The van der Waals surface area contributed by atoms with Crippen LogP contribution in [0.1, 0.15) is 59.8 Å². The zero-order valence-electron chi connectivity index (χ0n) is 19.8. The maximum atomic E-state index is 15.1. The zero-order valence-corrected chi connectivity index (χ0v) is 19.8. The molecule has 7 heteroatoms. The van der Waals surface area contributed by atoms with E-state index in [-0.39, 0.29) is 29.8 Å². The summed E-state index contributed by atoms with van der Waals surface area (Å²) in [5.41, 5.74) is 1.12. The second-order valence-electron chi connectivity index (χ2n) is 8.76. The topological polar surface area (TPSA) is 71.5 Å². The molecule has 2 amide bonds. The number of amides is 2. The van der Waals surface area contributed by atoms with Gasteiger partial charge in [0, 0.05) is 24.3 Å². The van der Waals surface area contributed by atoms with Gasteiger partial charge in [-0.25, -0.2) is 4.39 Å². The largest absolute Gasteiger partial charge is 0.497 e. The normalized spacial score (nSPS) is 14.7. The van der Waals surface area contributed by atoms with Crippen molar-refractivity contribution >= 4 is 11.8 Å². The van der Waals surface area contributed by atoms with Gasteiger partial charge in [0.15, 0.2) is 0 Å². The summed E-state index contributed by atoms with van der Waals surface area (Å²) in [5.74, 6) is -0.699. The smallest absolute Gasteiger partial charge is 0.273 e. The number of ether oxygens (including phenoxy) is 1. The molecule has 2 aromatic carbocycles. The number of aromatic nitrogens is 1. The summed E-state index contributed by atoms with van der Waals surface area (Å²) in [7, 11) is 1.58. The monoisotopic (exact) mass is 475 g/mol. The number of nitrogens with one attached hydrogen (secondary N) is 1. The van der Waals surface area contributed by atoms with E-state index in [2.05, 4.69) is 10.3 Å². The van der Waals surface area contributed by atoms with E-state index in [1.165, 1.54) is 17.2 Å². The molecule has 0 aliphatic heterocycles. The number of nitrogens with zero attached hydrogens (tertiary/aromatic N) is 2. The predicted octanol–water partition coefficient (Wildman–Crippen LogP) is 5.06. The Kier molecular flexibility index (Phi) is 8.08. The van der Waals surface area contributed by atoms with E-state index in [1.54, 1.807) is 55.6 Å². The van der Waals surface area contributed by atoms with Crippen LogP contribution >= 0.6 is 0 Å². The summed E-state index contributed by atoms with van der Waals surface area (Å²) < 4.78 is 20.3. The fraction of sp³-hybridized carbons (Fsp3) is 0.321. The van der Waals surface area contributed by atoms with Gasteiger partial charge >= 0.3 is 0 Å². The molecule has 1 atom stereocenters. The van der Waals surface area contributed by atoms with Gasteiger partial charge in [-0.05, 0) is 48.7 Å². The molecule has 0 spiro atoms. The zero-order chi connectivity index (χ0) is 24.6. The molecule has 1 N–H and O–H groups in total. The van der Waals surface area contributed by atoms with Crippen molar-refractivity contribution in [3.05, 3.63) is 95.6 Å². The van der Waals surface area contributed by atoms with E-state index in [0.29, 0.717) is 5.75 Å². The van der Waals surface area contributed by atoms with Crippen LogP contribution in [0.15, 0.2) is 72.9 Å². The van der Waals surface area contributed by atoms with Crippen LogP contribution in [0.4, 0.5) is 4.39 Å². The first-order valence-electron chi connectivity index (χ1n) is 12.0. The Balaban J connectivity index is 1.74. The van der Waals surface area contributed by atoms with Gasteiger partial charge in [-0.3, -0.25) is 14.6 Å². The van der Waals surface area contributed by atoms with Crippen molar-refractivity contribution in [3.63, 3.8) is 0 Å². The van der Waals surface area contributed by atoms with E-state index < -0.39 is 17.8 Å². The highest BCUT2D eigenvalue weighted by Gasteiger charge is 2.35. The summed E-state index contributed by atoms with van der Waals surface area (Å²) in [5, 5.41) is 3.10. The molecule has 6 nitrogen and oxygen atoms in total. The van der Waals surface area contributed by atoms with Crippen LogP contribution in [0.25, 0.3) is 0 Å². The van der Waals surface area contributed by atoms with Crippen LogP contribution in [0, 0.1) is 5.82 Å². The lowest BCUT2D eigenvalue weighted by atomic mass is 9.94. The number of hydrogen-bond acceptors (Lipinski definition) is 4. The highest BCUT2D eigenvalue weighted by atomic mass is 19.1. The van der Waals surface area contributed by atoms with Gasteiger partial charge in [-0.1, -0.05) is 55.7 Å². The molecule has 1 aliphatic rings. The number of methoxy groups -OCH3 is 1. The van der Waals surface area contributed by atoms with Crippen LogP contribution in [0.2, 0.25) is 0 Å². The minimum atomic E-state index is -1.16. The summed E-state index contributed by atoms with van der Waals surface area (Å²) >= 11 is 0. The molecule has 0 radical (unpaired) electrons. The Hall–Kier alpha value is -3.74. The second-order valence-corrected chi connectivity index (χ2v) is 8.76. The van der Waals surface area contributed by atoms with E-state index in [4.69, 9.17) is 4.74 Å². The van der Waals surface area contributed by atoms with E-state index >= 15 is 4.39 Å². The number of carbonyl (C=O) groups excluding carboxylic acids is 2. The van der Waals surface area contributed by atoms with Crippen molar-refractivity contribution in [2.24, 2.45) is 0 Å². The van der Waals surface area contributed by atoms with Crippen molar-refractivity contribution in [3.8, 4) is 5.75 Å². The van der Waals surface area contributed by atoms with Gasteiger partial charge in [0.05, 0.1) is 7.11 Å². The van der Waals surface area contributed by atoms with E-state index in [9.17, 15) is 9.59 Å². The van der Waals surface area contributed by atoms with Crippen LogP contribution < -0.4 is 10.1 Å². The van der Waals surface area contributed by atoms with Crippen molar-refractivity contribution in [1.29, 1.82) is 0 Å². The molecule has 0 saturated heterocycles. The van der Waals surface area contributed by atoms with Crippen LogP contribution in [0.3, 0.4) is 0 Å². The molecule has 4 rings (SSSR count). The molecule has 3 aromatic rings. The predicted molar refractivity (Wildman–Crippen MR) is 131 cm³/mol. The molecule has 1 fully saturated rings. The summed E-state index contributed by atoms with van der Waals surface area (Å²) in [4.78, 5) is 33.1. The quantitative estimate of drug-likeness (QED) is 0.494. The molecular formula is C28H30FN3O3. The highest BCUT2D eigenvalue weighted by Crippen LogP contribution is 2.29. The van der Waals surface area contributed by atoms with Gasteiger partial charge in [-0.2, -0.15) is 0 Å². The maximum Gasteiger partial charge on any atom is 0.273 e. The Morgan fingerprint density at radius 2 is 1.74 bits per heavy atom. The lowest BCUT2D eigenvalue weighted by Crippen LogP contribution is -2.47. The maximum absolute atomic E-state index is 15.1. The van der Waals surface area contributed by atoms with Crippen molar-refractivity contribution < 1.29 is 18.7 Å². The lowest BCUT2D eigenvalue weighted by Gasteiger charge is -2.33. The standard InChI is InChI=1S/C28H30FN3O3/c1-35-22-16-14-20(15-17-22)19-32(28(34)25-13-7-8-18-30-25)26(23-11-5-6-12-24(23)29)27(33)31-21-9-3-2-4-10-21/h5-8,11-18,21,26H,2-4,9-10,19H2,1H3,(H,31,33)/t26-/m0/s1. The van der Waals surface area contributed by atoms with Crippen molar-refractivity contribution in [2.45, 2.75) is 50.7 Å². The Labute approximate surface area is 205 Å². The molecule has 0 bridgehead atoms. The average Bonchev–Trinajstić information content (AvgIpc) is 2.90. The third-order valence-electron chi connectivity index (χ3n) is 6.37. The first kappa shape index (κ1) is 24.4. The second kappa shape index (κ2) is 11.6. The van der Waals surface area contributed by atoms with Gasteiger partial charge in [0.2, 0.25) is 5.91 Å². The van der Waals surface area contributed by atoms with Crippen molar-refractivity contribution in [1.82, 2.24) is 15.2 Å².